The average Bonchev–Trinajstić information content (AvgIpc) is 3.29. The van der Waals surface area contributed by atoms with Gasteiger partial charge in [-0.1, -0.05) is 19.1 Å². The quantitative estimate of drug-likeness (QED) is 0.820. The van der Waals surface area contributed by atoms with E-state index in [1.165, 1.54) is 24.1 Å². The van der Waals surface area contributed by atoms with Gasteiger partial charge in [-0.05, 0) is 42.9 Å². The summed E-state index contributed by atoms with van der Waals surface area (Å²) in [5.74, 6) is 0.660. The Hall–Kier alpha value is -1.06. The van der Waals surface area contributed by atoms with Crippen molar-refractivity contribution in [3.05, 3.63) is 29.8 Å². The summed E-state index contributed by atoms with van der Waals surface area (Å²) in [6, 6.07) is 8.79. The smallest absolute Gasteiger partial charge is 0.0781 e. The van der Waals surface area contributed by atoms with Gasteiger partial charge in [-0.15, -0.1) is 0 Å². The number of aryl methyl sites for hydroxylation is 1. The molecule has 3 heteroatoms. The number of hydrogen-bond acceptors (Lipinski definition) is 3. The molecule has 0 aromatic heterocycles. The number of nitrogens with zero attached hydrogens (tertiary/aromatic N) is 1. The second-order valence-corrected chi connectivity index (χ2v) is 5.59. The lowest BCUT2D eigenvalue weighted by Crippen LogP contribution is -2.57. The fourth-order valence-electron chi connectivity index (χ4n) is 2.93. The predicted molar refractivity (Wildman–Crippen MR) is 80.6 cm³/mol. The van der Waals surface area contributed by atoms with Crippen LogP contribution in [-0.4, -0.2) is 32.8 Å². The maximum Gasteiger partial charge on any atom is 0.0781 e. The van der Waals surface area contributed by atoms with E-state index in [1.807, 2.05) is 0 Å². The molecule has 0 spiro atoms. The lowest BCUT2D eigenvalue weighted by Gasteiger charge is -2.42. The van der Waals surface area contributed by atoms with E-state index in [-0.39, 0.29) is 5.54 Å². The first-order chi connectivity index (χ1) is 9.17. The van der Waals surface area contributed by atoms with E-state index in [1.54, 1.807) is 7.11 Å². The molecule has 0 saturated heterocycles. The third kappa shape index (κ3) is 2.77. The molecule has 1 atom stereocenters. The van der Waals surface area contributed by atoms with E-state index < -0.39 is 0 Å². The van der Waals surface area contributed by atoms with Crippen LogP contribution in [0.3, 0.4) is 0 Å². The largest absolute Gasteiger partial charge is 0.382 e. The maximum atomic E-state index is 6.11. The van der Waals surface area contributed by atoms with E-state index in [4.69, 9.17) is 10.5 Å². The molecule has 0 radical (unpaired) electrons. The Kier molecular flexibility index (Phi) is 4.48. The van der Waals surface area contributed by atoms with E-state index in [0.717, 1.165) is 6.42 Å². The molecular weight excluding hydrogens is 236 g/mol. The molecule has 3 nitrogen and oxygen atoms in total. The zero-order chi connectivity index (χ0) is 13.9. The fraction of sp³-hybridized carbons (Fsp3) is 0.625. The van der Waals surface area contributed by atoms with Gasteiger partial charge in [-0.25, -0.2) is 0 Å². The van der Waals surface area contributed by atoms with E-state index in [0.29, 0.717) is 19.1 Å². The molecule has 2 N–H and O–H groups in total. The van der Waals surface area contributed by atoms with Crippen LogP contribution >= 0.6 is 0 Å². The summed E-state index contributed by atoms with van der Waals surface area (Å²) in [5, 5.41) is 0. The van der Waals surface area contributed by atoms with Crippen molar-refractivity contribution in [1.82, 2.24) is 0 Å². The summed E-state index contributed by atoms with van der Waals surface area (Å²) in [6.45, 7) is 3.51. The molecule has 1 aliphatic carbocycles. The van der Waals surface area contributed by atoms with Gasteiger partial charge in [0.05, 0.1) is 12.1 Å². The van der Waals surface area contributed by atoms with Crippen LogP contribution in [0.15, 0.2) is 24.3 Å². The van der Waals surface area contributed by atoms with Gasteiger partial charge in [0.2, 0.25) is 0 Å². The van der Waals surface area contributed by atoms with Crippen LogP contribution in [0, 0.1) is 5.92 Å². The first-order valence-corrected chi connectivity index (χ1v) is 7.19. The second-order valence-electron chi connectivity index (χ2n) is 5.59. The van der Waals surface area contributed by atoms with Gasteiger partial charge in [0.15, 0.2) is 0 Å². The Morgan fingerprint density at radius 2 is 1.95 bits per heavy atom. The highest BCUT2D eigenvalue weighted by atomic mass is 16.5. The van der Waals surface area contributed by atoms with Crippen molar-refractivity contribution in [1.29, 1.82) is 0 Å². The highest BCUT2D eigenvalue weighted by molar-refractivity contribution is 5.50. The molecule has 19 heavy (non-hydrogen) atoms. The summed E-state index contributed by atoms with van der Waals surface area (Å²) >= 11 is 0. The number of benzene rings is 1. The van der Waals surface area contributed by atoms with Gasteiger partial charge < -0.3 is 15.4 Å². The van der Waals surface area contributed by atoms with Crippen molar-refractivity contribution >= 4 is 5.69 Å². The fourth-order valence-corrected chi connectivity index (χ4v) is 2.93. The van der Waals surface area contributed by atoms with Gasteiger partial charge in [0, 0.05) is 26.4 Å². The van der Waals surface area contributed by atoms with Crippen LogP contribution < -0.4 is 10.6 Å². The lowest BCUT2D eigenvalue weighted by atomic mass is 9.91. The van der Waals surface area contributed by atoms with Gasteiger partial charge >= 0.3 is 0 Å². The summed E-state index contributed by atoms with van der Waals surface area (Å²) in [7, 11) is 3.91. The third-order valence-electron chi connectivity index (χ3n) is 4.48. The second kappa shape index (κ2) is 5.93. The van der Waals surface area contributed by atoms with Crippen molar-refractivity contribution in [3.63, 3.8) is 0 Å². The molecule has 0 aliphatic heterocycles. The average molecular weight is 262 g/mol. The Balaban J connectivity index is 2.24. The van der Waals surface area contributed by atoms with Crippen LogP contribution in [-0.2, 0) is 11.2 Å². The first-order valence-electron chi connectivity index (χ1n) is 7.19. The normalized spacial score (nSPS) is 18.1. The highest BCUT2D eigenvalue weighted by Crippen LogP contribution is 2.44. The molecule has 106 valence electrons. The zero-order valence-corrected chi connectivity index (χ0v) is 12.4. The topological polar surface area (TPSA) is 38.5 Å². The molecule has 1 unspecified atom stereocenters. The van der Waals surface area contributed by atoms with Crippen molar-refractivity contribution in [2.45, 2.75) is 31.7 Å². The minimum absolute atomic E-state index is 0.0531. The third-order valence-corrected chi connectivity index (χ3v) is 4.48. The summed E-state index contributed by atoms with van der Waals surface area (Å²) in [4.78, 5) is 2.33. The predicted octanol–water partition coefficient (Wildman–Crippen LogP) is 2.44. The van der Waals surface area contributed by atoms with Crippen molar-refractivity contribution in [3.8, 4) is 0 Å². The standard InChI is InChI=1S/C16H26N2O/c1-4-13-5-9-15(10-6-13)18(2)16(11-17,12-19-3)14-7-8-14/h5-6,9-10,14H,4,7-8,11-12,17H2,1-3H3. The number of likely N-dealkylation sites (N-methyl/N-ethyl adjacent to an activating group) is 1. The van der Waals surface area contributed by atoms with Crippen LogP contribution in [0.2, 0.25) is 0 Å². The van der Waals surface area contributed by atoms with Crippen molar-refractivity contribution in [2.75, 3.05) is 32.2 Å². The molecule has 1 aromatic carbocycles. The zero-order valence-electron chi connectivity index (χ0n) is 12.4. The molecule has 1 fully saturated rings. The Morgan fingerprint density at radius 3 is 2.37 bits per heavy atom. The number of methoxy groups -OCH3 is 1. The first kappa shape index (κ1) is 14.4. The summed E-state index contributed by atoms with van der Waals surface area (Å²) < 4.78 is 5.47. The SMILES string of the molecule is CCc1ccc(N(C)C(CN)(COC)C2CC2)cc1. The van der Waals surface area contributed by atoms with E-state index >= 15 is 0 Å². The van der Waals surface area contributed by atoms with Crippen molar-refractivity contribution in [2.24, 2.45) is 11.7 Å². The molecule has 0 amide bonds. The monoisotopic (exact) mass is 262 g/mol. The molecule has 0 heterocycles. The highest BCUT2D eigenvalue weighted by Gasteiger charge is 2.47. The van der Waals surface area contributed by atoms with Crippen LogP contribution in [0.4, 0.5) is 5.69 Å². The van der Waals surface area contributed by atoms with Gasteiger partial charge in [-0.2, -0.15) is 0 Å². The molecule has 2 rings (SSSR count). The van der Waals surface area contributed by atoms with Gasteiger partial charge in [0.25, 0.3) is 0 Å². The van der Waals surface area contributed by atoms with E-state index in [9.17, 15) is 0 Å². The molecule has 0 bridgehead atoms. The van der Waals surface area contributed by atoms with Crippen LogP contribution in [0.1, 0.15) is 25.3 Å². The maximum absolute atomic E-state index is 6.11. The number of hydrogen-bond donors (Lipinski definition) is 1. The number of rotatable bonds is 7. The summed E-state index contributed by atoms with van der Waals surface area (Å²) in [6.07, 6.45) is 3.60. The Morgan fingerprint density at radius 1 is 1.32 bits per heavy atom. The number of nitrogens with two attached hydrogens (primary N) is 1. The Bertz CT molecular complexity index is 400. The Labute approximate surface area is 116 Å². The minimum Gasteiger partial charge on any atom is -0.382 e. The number of anilines is 1. The number of ether oxygens (including phenoxy) is 1. The van der Waals surface area contributed by atoms with Crippen molar-refractivity contribution < 1.29 is 4.74 Å². The van der Waals surface area contributed by atoms with Gasteiger partial charge in [-0.3, -0.25) is 0 Å². The van der Waals surface area contributed by atoms with Gasteiger partial charge in [0.1, 0.15) is 0 Å². The molecule has 1 aromatic rings. The minimum atomic E-state index is -0.0531. The molecular formula is C16H26N2O. The van der Waals surface area contributed by atoms with Crippen LogP contribution in [0.25, 0.3) is 0 Å². The molecule has 1 aliphatic rings. The summed E-state index contributed by atoms with van der Waals surface area (Å²) in [5.41, 5.74) is 8.65. The lowest BCUT2D eigenvalue weighted by molar-refractivity contribution is 0.120. The molecule has 1 saturated carbocycles. The van der Waals surface area contributed by atoms with Crippen LogP contribution in [0.5, 0.6) is 0 Å². The van der Waals surface area contributed by atoms with E-state index in [2.05, 4.69) is 43.1 Å².